The van der Waals surface area contributed by atoms with Crippen LogP contribution < -0.4 is 0 Å². The lowest BCUT2D eigenvalue weighted by Crippen LogP contribution is -2.42. The SMILES string of the molecule is CC(C)(C)[Si](C)(C)OC[C@H]1/C(=C/c2ccccc2)[C@H]2C=CC=C[C@@H]1C2. The van der Waals surface area contributed by atoms with Crippen LogP contribution in [0.3, 0.4) is 0 Å². The van der Waals surface area contributed by atoms with Gasteiger partial charge in [-0.3, -0.25) is 0 Å². The molecule has 3 atom stereocenters. The Labute approximate surface area is 154 Å². The molecule has 2 aliphatic rings. The van der Waals surface area contributed by atoms with Gasteiger partial charge in [-0.1, -0.05) is 87.1 Å². The van der Waals surface area contributed by atoms with Crippen molar-refractivity contribution in [3.05, 3.63) is 65.8 Å². The molecule has 1 nitrogen and oxygen atoms in total. The first-order chi connectivity index (χ1) is 11.8. The molecule has 2 bridgehead atoms. The average molecular weight is 353 g/mol. The van der Waals surface area contributed by atoms with Crippen molar-refractivity contribution in [3.8, 4) is 0 Å². The summed E-state index contributed by atoms with van der Waals surface area (Å²) in [5.41, 5.74) is 2.86. The number of benzene rings is 1. The first kappa shape index (κ1) is 18.4. The Hall–Kier alpha value is -1.38. The third-order valence-electron chi connectivity index (χ3n) is 6.27. The van der Waals surface area contributed by atoms with E-state index in [1.54, 1.807) is 5.57 Å². The van der Waals surface area contributed by atoms with E-state index in [0.717, 1.165) is 6.61 Å². The minimum absolute atomic E-state index is 0.261. The number of hydrogen-bond donors (Lipinski definition) is 0. The number of fused-ring (bicyclic) bond motifs is 2. The van der Waals surface area contributed by atoms with Crippen LogP contribution in [0.4, 0.5) is 0 Å². The van der Waals surface area contributed by atoms with Crippen LogP contribution >= 0.6 is 0 Å². The first-order valence-corrected chi connectivity index (χ1v) is 12.4. The van der Waals surface area contributed by atoms with E-state index in [2.05, 4.69) is 94.6 Å². The van der Waals surface area contributed by atoms with Gasteiger partial charge in [-0.2, -0.15) is 0 Å². The topological polar surface area (TPSA) is 9.23 Å². The van der Waals surface area contributed by atoms with Crippen LogP contribution in [0.2, 0.25) is 18.1 Å². The van der Waals surface area contributed by atoms with Crippen molar-refractivity contribution in [2.24, 2.45) is 17.8 Å². The molecule has 1 fully saturated rings. The molecule has 0 aliphatic heterocycles. The van der Waals surface area contributed by atoms with Gasteiger partial charge in [-0.25, -0.2) is 0 Å². The van der Waals surface area contributed by atoms with Crippen molar-refractivity contribution in [2.75, 3.05) is 6.61 Å². The highest BCUT2D eigenvalue weighted by Gasteiger charge is 2.41. The average Bonchev–Trinajstić information content (AvgIpc) is 2.71. The molecule has 1 aromatic carbocycles. The molecule has 0 amide bonds. The zero-order valence-corrected chi connectivity index (χ0v) is 17.3. The maximum Gasteiger partial charge on any atom is 0.192 e. The summed E-state index contributed by atoms with van der Waals surface area (Å²) in [5, 5.41) is 0.261. The van der Waals surface area contributed by atoms with E-state index >= 15 is 0 Å². The van der Waals surface area contributed by atoms with Gasteiger partial charge >= 0.3 is 0 Å². The molecule has 3 rings (SSSR count). The van der Waals surface area contributed by atoms with Crippen molar-refractivity contribution in [1.82, 2.24) is 0 Å². The zero-order chi connectivity index (χ0) is 18.1. The second-order valence-corrected chi connectivity index (χ2v) is 13.8. The maximum absolute atomic E-state index is 6.63. The van der Waals surface area contributed by atoms with Crippen LogP contribution in [0.5, 0.6) is 0 Å². The van der Waals surface area contributed by atoms with E-state index in [1.165, 1.54) is 12.0 Å². The second-order valence-electron chi connectivity index (χ2n) is 9.01. The molecule has 0 aromatic heterocycles. The Balaban J connectivity index is 1.85. The standard InChI is InChI=1S/C23H32OSi/c1-23(2,3)25(4,5)24-17-22-20-14-10-9-13-19(16-20)21(22)15-18-11-7-6-8-12-18/h6-15,19-20,22H,16-17H2,1-5H3/b21-15+/t19-,20+,22+/m0/s1. The van der Waals surface area contributed by atoms with Gasteiger partial charge in [0, 0.05) is 12.5 Å². The van der Waals surface area contributed by atoms with Gasteiger partial charge in [0.2, 0.25) is 0 Å². The fourth-order valence-electron chi connectivity index (χ4n) is 3.61. The molecule has 0 unspecified atom stereocenters. The molecule has 0 saturated heterocycles. The number of rotatable bonds is 4. The van der Waals surface area contributed by atoms with Gasteiger partial charge in [-0.05, 0) is 42.0 Å². The quantitative estimate of drug-likeness (QED) is 0.564. The molecule has 25 heavy (non-hydrogen) atoms. The van der Waals surface area contributed by atoms with Crippen molar-refractivity contribution < 1.29 is 4.43 Å². The highest BCUT2D eigenvalue weighted by Crippen LogP contribution is 2.46. The van der Waals surface area contributed by atoms with Crippen molar-refractivity contribution in [2.45, 2.75) is 45.3 Å². The monoisotopic (exact) mass is 352 g/mol. The Morgan fingerprint density at radius 2 is 1.76 bits per heavy atom. The molecule has 0 N–H and O–H groups in total. The minimum Gasteiger partial charge on any atom is -0.416 e. The highest BCUT2D eigenvalue weighted by molar-refractivity contribution is 6.74. The number of hydrogen-bond acceptors (Lipinski definition) is 1. The second kappa shape index (κ2) is 7.09. The van der Waals surface area contributed by atoms with Crippen molar-refractivity contribution in [3.63, 3.8) is 0 Å². The molecule has 0 radical (unpaired) electrons. The Morgan fingerprint density at radius 1 is 1.08 bits per heavy atom. The third kappa shape index (κ3) is 4.07. The van der Waals surface area contributed by atoms with E-state index in [9.17, 15) is 0 Å². The van der Waals surface area contributed by atoms with Crippen LogP contribution in [0.15, 0.2) is 60.2 Å². The number of allylic oxidation sites excluding steroid dienone is 4. The Morgan fingerprint density at radius 3 is 2.44 bits per heavy atom. The van der Waals surface area contributed by atoms with Gasteiger partial charge in [0.05, 0.1) is 0 Å². The molecule has 2 heteroatoms. The van der Waals surface area contributed by atoms with Gasteiger partial charge in [0.15, 0.2) is 8.32 Å². The molecule has 2 aliphatic carbocycles. The summed E-state index contributed by atoms with van der Waals surface area (Å²) < 4.78 is 6.63. The van der Waals surface area contributed by atoms with E-state index in [0.29, 0.717) is 17.8 Å². The summed E-state index contributed by atoms with van der Waals surface area (Å²) in [6, 6.07) is 10.7. The largest absolute Gasteiger partial charge is 0.416 e. The Kier molecular flexibility index (Phi) is 5.22. The van der Waals surface area contributed by atoms with E-state index in [-0.39, 0.29) is 5.04 Å². The van der Waals surface area contributed by atoms with Gasteiger partial charge in [-0.15, -0.1) is 0 Å². The van der Waals surface area contributed by atoms with Crippen LogP contribution in [0, 0.1) is 17.8 Å². The lowest BCUT2D eigenvalue weighted by Gasteiger charge is -2.37. The molecule has 0 heterocycles. The van der Waals surface area contributed by atoms with Crippen LogP contribution in [0.25, 0.3) is 6.08 Å². The van der Waals surface area contributed by atoms with Gasteiger partial charge in [0.25, 0.3) is 0 Å². The van der Waals surface area contributed by atoms with E-state index in [1.807, 2.05) is 0 Å². The summed E-state index contributed by atoms with van der Waals surface area (Å²) in [7, 11) is -1.72. The van der Waals surface area contributed by atoms with Crippen LogP contribution in [-0.4, -0.2) is 14.9 Å². The summed E-state index contributed by atoms with van der Waals surface area (Å²) in [6.45, 7) is 12.5. The third-order valence-corrected chi connectivity index (χ3v) is 10.8. The van der Waals surface area contributed by atoms with Crippen molar-refractivity contribution in [1.29, 1.82) is 0 Å². The van der Waals surface area contributed by atoms with E-state index < -0.39 is 8.32 Å². The first-order valence-electron chi connectivity index (χ1n) is 9.53. The fraction of sp³-hybridized carbons (Fsp3) is 0.478. The smallest absolute Gasteiger partial charge is 0.192 e. The zero-order valence-electron chi connectivity index (χ0n) is 16.3. The minimum atomic E-state index is -1.72. The predicted molar refractivity (Wildman–Crippen MR) is 111 cm³/mol. The molecule has 0 spiro atoms. The molecule has 134 valence electrons. The highest BCUT2D eigenvalue weighted by atomic mass is 28.4. The predicted octanol–water partition coefficient (Wildman–Crippen LogP) is 6.47. The summed E-state index contributed by atoms with van der Waals surface area (Å²) >= 11 is 0. The Bertz CT molecular complexity index is 676. The molecular weight excluding hydrogens is 320 g/mol. The normalized spacial score (nSPS) is 27.7. The summed E-state index contributed by atoms with van der Waals surface area (Å²) in [5.74, 6) is 1.65. The lowest BCUT2D eigenvalue weighted by atomic mass is 9.90. The molecular formula is C23H32OSi. The van der Waals surface area contributed by atoms with E-state index in [4.69, 9.17) is 4.43 Å². The fourth-order valence-corrected chi connectivity index (χ4v) is 4.64. The molecule has 1 aromatic rings. The van der Waals surface area contributed by atoms with Crippen LogP contribution in [0.1, 0.15) is 32.8 Å². The summed E-state index contributed by atoms with van der Waals surface area (Å²) in [6.07, 6.45) is 12.8. The molecule has 1 saturated carbocycles. The lowest BCUT2D eigenvalue weighted by molar-refractivity contribution is 0.231. The summed E-state index contributed by atoms with van der Waals surface area (Å²) in [4.78, 5) is 0. The van der Waals surface area contributed by atoms with Gasteiger partial charge < -0.3 is 4.43 Å². The van der Waals surface area contributed by atoms with Crippen LogP contribution in [-0.2, 0) is 4.43 Å². The maximum atomic E-state index is 6.63. The van der Waals surface area contributed by atoms with Crippen molar-refractivity contribution >= 4 is 14.4 Å². The van der Waals surface area contributed by atoms with Gasteiger partial charge in [0.1, 0.15) is 0 Å².